The molecule has 0 aliphatic carbocycles. The van der Waals surface area contributed by atoms with Crippen molar-refractivity contribution in [3.63, 3.8) is 0 Å². The van der Waals surface area contributed by atoms with E-state index < -0.39 is 12.0 Å². The number of carbonyl (C=O) groups is 2. The van der Waals surface area contributed by atoms with Gasteiger partial charge in [0.1, 0.15) is 0 Å². The van der Waals surface area contributed by atoms with E-state index in [2.05, 4.69) is 10.6 Å². The van der Waals surface area contributed by atoms with Crippen LogP contribution in [-0.4, -0.2) is 38.6 Å². The number of hydrogen-bond acceptors (Lipinski definition) is 4. The van der Waals surface area contributed by atoms with Crippen LogP contribution in [0.15, 0.2) is 35.5 Å². The van der Waals surface area contributed by atoms with Crippen LogP contribution >= 0.6 is 11.6 Å². The van der Waals surface area contributed by atoms with Gasteiger partial charge in [-0.2, -0.15) is 0 Å². The molecular weight excluding hydrogens is 330 g/mol. The number of hydrogen-bond donors (Lipinski definition) is 2. The quantitative estimate of drug-likeness (QED) is 0.469. The fourth-order valence-electron chi connectivity index (χ4n) is 2.48. The number of alkyl halides is 1. The Balaban J connectivity index is 2.28. The minimum Gasteiger partial charge on any atom is -0.462 e. The molecule has 0 radical (unpaired) electrons. The number of carbonyl (C=O) groups excluding carboxylic acids is 2. The first-order chi connectivity index (χ1) is 11.4. The highest BCUT2D eigenvalue weighted by Crippen LogP contribution is 2.28. The zero-order valence-electron chi connectivity index (χ0n) is 14.1. The number of allylic oxidation sites excluding steroid dienone is 1. The molecule has 1 unspecified atom stereocenters. The van der Waals surface area contributed by atoms with Crippen molar-refractivity contribution in [2.45, 2.75) is 19.4 Å². The number of nitrogens with zero attached hydrogens (tertiary/aromatic N) is 1. The summed E-state index contributed by atoms with van der Waals surface area (Å²) in [5.74, 6) is -0.0257. The zero-order valence-corrected chi connectivity index (χ0v) is 14.8. The summed E-state index contributed by atoms with van der Waals surface area (Å²) in [7, 11) is 3.90. The van der Waals surface area contributed by atoms with Crippen LogP contribution in [0, 0.1) is 0 Å². The van der Waals surface area contributed by atoms with Crippen molar-refractivity contribution in [1.29, 1.82) is 0 Å². The number of benzene rings is 1. The van der Waals surface area contributed by atoms with Gasteiger partial charge in [-0.15, -0.1) is 11.6 Å². The minimum absolute atomic E-state index is 0.249. The van der Waals surface area contributed by atoms with Crippen LogP contribution in [-0.2, 0) is 9.53 Å². The predicted molar refractivity (Wildman–Crippen MR) is 94.2 cm³/mol. The first-order valence-corrected chi connectivity index (χ1v) is 8.26. The van der Waals surface area contributed by atoms with E-state index in [0.29, 0.717) is 23.6 Å². The molecule has 24 heavy (non-hydrogen) atoms. The Morgan fingerprint density at radius 2 is 1.96 bits per heavy atom. The summed E-state index contributed by atoms with van der Waals surface area (Å²) < 4.78 is 5.26. The fraction of sp³-hybridized carbons (Fsp3) is 0.412. The van der Waals surface area contributed by atoms with Crippen molar-refractivity contribution in [2.24, 2.45) is 0 Å². The first kappa shape index (κ1) is 18.1. The lowest BCUT2D eigenvalue weighted by molar-refractivity contribution is -0.139. The number of nitrogens with one attached hydrogen (secondary N) is 2. The SMILES string of the molecule is CC1=C(C(=O)OCCCCl)C(c2ccc(N(C)C)cc2)NC(=O)N1. The Morgan fingerprint density at radius 1 is 1.29 bits per heavy atom. The van der Waals surface area contributed by atoms with Crippen LogP contribution in [0.25, 0.3) is 0 Å². The Morgan fingerprint density at radius 3 is 2.54 bits per heavy atom. The molecule has 0 fully saturated rings. The number of urea groups is 1. The van der Waals surface area contributed by atoms with Gasteiger partial charge in [0, 0.05) is 31.4 Å². The van der Waals surface area contributed by atoms with Crippen LogP contribution in [0.2, 0.25) is 0 Å². The molecular formula is C17H22ClN3O3. The number of anilines is 1. The summed E-state index contributed by atoms with van der Waals surface area (Å²) in [4.78, 5) is 26.2. The summed E-state index contributed by atoms with van der Waals surface area (Å²) in [5.41, 5.74) is 2.75. The van der Waals surface area contributed by atoms with Crippen LogP contribution in [0.3, 0.4) is 0 Å². The average Bonchev–Trinajstić information content (AvgIpc) is 2.54. The second-order valence-electron chi connectivity index (χ2n) is 5.73. The third-order valence-corrected chi connectivity index (χ3v) is 4.01. The van der Waals surface area contributed by atoms with E-state index in [1.807, 2.05) is 43.3 Å². The molecule has 1 heterocycles. The number of ether oxygens (including phenoxy) is 1. The second kappa shape index (κ2) is 8.06. The van der Waals surface area contributed by atoms with E-state index in [9.17, 15) is 9.59 Å². The highest BCUT2D eigenvalue weighted by atomic mass is 35.5. The standard InChI is InChI=1S/C17H22ClN3O3/c1-11-14(16(22)24-10-4-9-18)15(20-17(23)19-11)12-5-7-13(8-6-12)21(2)3/h5-8,15H,4,9-10H2,1-3H3,(H2,19,20,23). The normalized spacial score (nSPS) is 17.2. The van der Waals surface area contributed by atoms with Crippen LogP contribution in [0.5, 0.6) is 0 Å². The maximum Gasteiger partial charge on any atom is 0.338 e. The molecule has 1 aromatic carbocycles. The van der Waals surface area contributed by atoms with Gasteiger partial charge in [0.05, 0.1) is 18.2 Å². The monoisotopic (exact) mass is 351 g/mol. The van der Waals surface area contributed by atoms with Gasteiger partial charge in [0.2, 0.25) is 0 Å². The molecule has 1 aliphatic heterocycles. The van der Waals surface area contributed by atoms with E-state index >= 15 is 0 Å². The molecule has 0 bridgehead atoms. The molecule has 1 aliphatic rings. The molecule has 130 valence electrons. The van der Waals surface area contributed by atoms with Crippen molar-refractivity contribution < 1.29 is 14.3 Å². The lowest BCUT2D eigenvalue weighted by Gasteiger charge is -2.28. The predicted octanol–water partition coefficient (Wildman–Crippen LogP) is 2.55. The Labute approximate surface area is 146 Å². The van der Waals surface area contributed by atoms with Crippen molar-refractivity contribution in [3.8, 4) is 0 Å². The van der Waals surface area contributed by atoms with Gasteiger partial charge in [0.25, 0.3) is 0 Å². The second-order valence-corrected chi connectivity index (χ2v) is 6.11. The van der Waals surface area contributed by atoms with Crippen molar-refractivity contribution in [3.05, 3.63) is 41.1 Å². The van der Waals surface area contributed by atoms with Crippen LogP contribution < -0.4 is 15.5 Å². The molecule has 0 aromatic heterocycles. The van der Waals surface area contributed by atoms with Gasteiger partial charge < -0.3 is 20.3 Å². The molecule has 2 rings (SSSR count). The number of esters is 1. The molecule has 2 amide bonds. The molecule has 1 aromatic rings. The first-order valence-electron chi connectivity index (χ1n) is 7.72. The summed E-state index contributed by atoms with van der Waals surface area (Å²) >= 11 is 5.61. The summed E-state index contributed by atoms with van der Waals surface area (Å²) in [6.07, 6.45) is 0.585. The van der Waals surface area contributed by atoms with Gasteiger partial charge in [-0.05, 0) is 31.0 Å². The molecule has 1 atom stereocenters. The maximum absolute atomic E-state index is 12.4. The Kier molecular flexibility index (Phi) is 6.09. The fourth-order valence-corrected chi connectivity index (χ4v) is 2.59. The molecule has 0 saturated carbocycles. The van der Waals surface area contributed by atoms with E-state index in [0.717, 1.165) is 11.3 Å². The van der Waals surface area contributed by atoms with Gasteiger partial charge >= 0.3 is 12.0 Å². The Hall–Kier alpha value is -2.21. The lowest BCUT2D eigenvalue weighted by Crippen LogP contribution is -2.45. The van der Waals surface area contributed by atoms with Gasteiger partial charge in [-0.25, -0.2) is 9.59 Å². The topological polar surface area (TPSA) is 70.7 Å². The smallest absolute Gasteiger partial charge is 0.338 e. The van der Waals surface area contributed by atoms with E-state index in [-0.39, 0.29) is 12.6 Å². The highest BCUT2D eigenvalue weighted by Gasteiger charge is 2.32. The zero-order chi connectivity index (χ0) is 17.7. The Bertz CT molecular complexity index is 641. The summed E-state index contributed by atoms with van der Waals surface area (Å²) in [5, 5.41) is 5.41. The van der Waals surface area contributed by atoms with Crippen LogP contribution in [0.4, 0.5) is 10.5 Å². The van der Waals surface area contributed by atoms with Gasteiger partial charge in [-0.1, -0.05) is 12.1 Å². The third kappa shape index (κ3) is 4.20. The molecule has 2 N–H and O–H groups in total. The average molecular weight is 352 g/mol. The number of halogens is 1. The molecule has 7 heteroatoms. The minimum atomic E-state index is -0.543. The maximum atomic E-state index is 12.4. The third-order valence-electron chi connectivity index (χ3n) is 3.74. The summed E-state index contributed by atoms with van der Waals surface area (Å²) in [6.45, 7) is 1.94. The van der Waals surface area contributed by atoms with Crippen molar-refractivity contribution in [1.82, 2.24) is 10.6 Å². The number of amides is 2. The van der Waals surface area contributed by atoms with E-state index in [1.165, 1.54) is 0 Å². The van der Waals surface area contributed by atoms with Gasteiger partial charge in [-0.3, -0.25) is 0 Å². The van der Waals surface area contributed by atoms with Gasteiger partial charge in [0.15, 0.2) is 0 Å². The van der Waals surface area contributed by atoms with E-state index in [1.54, 1.807) is 6.92 Å². The van der Waals surface area contributed by atoms with Crippen LogP contribution in [0.1, 0.15) is 24.9 Å². The molecule has 0 saturated heterocycles. The van der Waals surface area contributed by atoms with Crippen molar-refractivity contribution in [2.75, 3.05) is 31.5 Å². The molecule has 6 nitrogen and oxygen atoms in total. The summed E-state index contributed by atoms with van der Waals surface area (Å²) in [6, 6.07) is 6.78. The highest BCUT2D eigenvalue weighted by molar-refractivity contribution is 6.17. The van der Waals surface area contributed by atoms with E-state index in [4.69, 9.17) is 16.3 Å². The largest absolute Gasteiger partial charge is 0.462 e. The van der Waals surface area contributed by atoms with Crippen molar-refractivity contribution >= 4 is 29.3 Å². The number of rotatable bonds is 6. The molecule has 0 spiro atoms. The lowest BCUT2D eigenvalue weighted by atomic mass is 9.95.